The molecule has 0 fully saturated rings. The van der Waals surface area contributed by atoms with Gasteiger partial charge in [0, 0.05) is 25.7 Å². The molecular formula is C41H30S. The lowest BCUT2D eigenvalue weighted by Crippen LogP contribution is -1.91. The average Bonchev–Trinajstić information content (AvgIpc) is 3.44. The van der Waals surface area contributed by atoms with E-state index in [0.717, 1.165) is 0 Å². The fourth-order valence-corrected chi connectivity index (χ4v) is 7.36. The van der Waals surface area contributed by atoms with Gasteiger partial charge in [0.25, 0.3) is 0 Å². The third kappa shape index (κ3) is 4.40. The van der Waals surface area contributed by atoms with Crippen LogP contribution in [0.25, 0.3) is 75.1 Å². The van der Waals surface area contributed by atoms with Gasteiger partial charge in [0.1, 0.15) is 0 Å². The molecule has 0 N–H and O–H groups in total. The first-order chi connectivity index (χ1) is 20.8. The summed E-state index contributed by atoms with van der Waals surface area (Å²) in [5.74, 6) is 0. The molecule has 0 spiro atoms. The highest BCUT2D eigenvalue weighted by Crippen LogP contribution is 2.47. The summed E-state index contributed by atoms with van der Waals surface area (Å²) in [7, 11) is 0. The number of benzene rings is 7. The maximum atomic E-state index is 3.36. The first kappa shape index (κ1) is 26.0. The number of thiophene rings is 1. The molecule has 0 aliphatic heterocycles. The molecule has 0 radical (unpaired) electrons. The number of hydrogen-bond acceptors (Lipinski definition) is 1. The molecule has 1 heterocycles. The number of hydrogen-bond donors (Lipinski definition) is 0. The smallest absolute Gasteiger partial charge is 0.0434 e. The molecule has 0 amide bonds. The van der Waals surface area contributed by atoms with Crippen molar-refractivity contribution in [1.82, 2.24) is 0 Å². The quantitative estimate of drug-likeness (QED) is 0.150. The molecule has 1 heteroatoms. The van der Waals surface area contributed by atoms with Crippen molar-refractivity contribution in [2.45, 2.75) is 6.92 Å². The summed E-state index contributed by atoms with van der Waals surface area (Å²) < 4.78 is 2.69. The first-order valence-corrected chi connectivity index (χ1v) is 15.2. The van der Waals surface area contributed by atoms with Crippen molar-refractivity contribution in [3.8, 4) is 33.4 Å². The lowest BCUT2D eigenvalue weighted by atomic mass is 9.85. The van der Waals surface area contributed by atoms with E-state index in [0.29, 0.717) is 0 Å². The van der Waals surface area contributed by atoms with Gasteiger partial charge < -0.3 is 0 Å². The molecule has 8 aromatic rings. The maximum absolute atomic E-state index is 3.36. The lowest BCUT2D eigenvalue weighted by Gasteiger charge is -2.18. The Morgan fingerprint density at radius 2 is 0.881 bits per heavy atom. The number of allylic oxidation sites excluding steroid dienone is 1. The molecule has 7 aromatic carbocycles. The molecule has 1 aromatic heterocycles. The predicted molar refractivity (Wildman–Crippen MR) is 187 cm³/mol. The Labute approximate surface area is 250 Å². The van der Waals surface area contributed by atoms with Crippen LogP contribution in [0.5, 0.6) is 0 Å². The molecule has 42 heavy (non-hydrogen) atoms. The molecule has 0 saturated heterocycles. The molecule has 0 aliphatic rings. The van der Waals surface area contributed by atoms with Crippen LogP contribution in [-0.2, 0) is 0 Å². The van der Waals surface area contributed by atoms with Gasteiger partial charge in [0.05, 0.1) is 0 Å². The SMILES string of the molecule is C=CC.c1ccc(-c2ccc(-c3c4ccccc4c(-c4cccc5c4sc4ccccc45)c4ccccc34)cc2)cc1. The zero-order valence-corrected chi connectivity index (χ0v) is 24.4. The zero-order valence-electron chi connectivity index (χ0n) is 23.5. The fraction of sp³-hybridized carbons (Fsp3) is 0.0244. The van der Waals surface area contributed by atoms with Crippen LogP contribution < -0.4 is 0 Å². The predicted octanol–water partition coefficient (Wildman–Crippen LogP) is 12.6. The largest absolute Gasteiger partial charge is 0.135 e. The molecular weight excluding hydrogens is 525 g/mol. The summed E-state index contributed by atoms with van der Waals surface area (Å²) in [4.78, 5) is 0. The molecule has 0 saturated carbocycles. The third-order valence-corrected chi connectivity index (χ3v) is 9.11. The van der Waals surface area contributed by atoms with Gasteiger partial charge in [-0.25, -0.2) is 0 Å². The van der Waals surface area contributed by atoms with Gasteiger partial charge in [-0.05, 0) is 62.4 Å². The van der Waals surface area contributed by atoms with Gasteiger partial charge in [-0.3, -0.25) is 0 Å². The fourth-order valence-electron chi connectivity index (χ4n) is 6.13. The monoisotopic (exact) mass is 554 g/mol. The van der Waals surface area contributed by atoms with Crippen molar-refractivity contribution in [2.75, 3.05) is 0 Å². The minimum absolute atomic E-state index is 1.24. The summed E-state index contributed by atoms with van der Waals surface area (Å²) in [5, 5.41) is 7.84. The standard InChI is InChI=1S/C38H24S.C3H6/c1-2-11-25(12-3-1)26-21-23-27(24-22-26)36-29-14-4-6-16-31(29)37(32-17-7-5-15-30(32)36)34-19-10-18-33-28-13-8-9-20-35(28)39-38(33)34;1-3-2/h1-24H;3H,1H2,2H3. The van der Waals surface area contributed by atoms with Crippen LogP contribution >= 0.6 is 11.3 Å². The Hall–Kier alpha value is -4.98. The van der Waals surface area contributed by atoms with E-state index in [4.69, 9.17) is 0 Å². The highest BCUT2D eigenvalue weighted by atomic mass is 32.1. The second kappa shape index (κ2) is 11.1. The molecule has 0 aliphatic carbocycles. The molecule has 0 nitrogen and oxygen atoms in total. The number of fused-ring (bicyclic) bond motifs is 5. The topological polar surface area (TPSA) is 0 Å². The molecule has 0 atom stereocenters. The highest BCUT2D eigenvalue weighted by Gasteiger charge is 2.19. The Morgan fingerprint density at radius 3 is 1.50 bits per heavy atom. The summed E-state index contributed by atoms with van der Waals surface area (Å²) in [6.07, 6.45) is 1.75. The molecule has 8 rings (SSSR count). The van der Waals surface area contributed by atoms with Crippen molar-refractivity contribution in [1.29, 1.82) is 0 Å². The van der Waals surface area contributed by atoms with Crippen LogP contribution in [0.15, 0.2) is 158 Å². The van der Waals surface area contributed by atoms with E-state index in [9.17, 15) is 0 Å². The van der Waals surface area contributed by atoms with E-state index in [-0.39, 0.29) is 0 Å². The van der Waals surface area contributed by atoms with Crippen molar-refractivity contribution in [2.24, 2.45) is 0 Å². The van der Waals surface area contributed by atoms with E-state index in [2.05, 4.69) is 152 Å². The average molecular weight is 555 g/mol. The minimum Gasteiger partial charge on any atom is -0.135 e. The van der Waals surface area contributed by atoms with Gasteiger partial charge in [-0.15, -0.1) is 17.9 Å². The Balaban J connectivity index is 0.000000923. The van der Waals surface area contributed by atoms with Crippen LogP contribution in [0.1, 0.15) is 6.92 Å². The van der Waals surface area contributed by atoms with E-state index in [1.807, 2.05) is 18.3 Å². The number of rotatable bonds is 3. The first-order valence-electron chi connectivity index (χ1n) is 14.4. The van der Waals surface area contributed by atoms with Gasteiger partial charge >= 0.3 is 0 Å². The van der Waals surface area contributed by atoms with E-state index in [1.54, 1.807) is 6.08 Å². The second-order valence-corrected chi connectivity index (χ2v) is 11.5. The summed E-state index contributed by atoms with van der Waals surface area (Å²) >= 11 is 1.90. The normalized spacial score (nSPS) is 11.1. The van der Waals surface area contributed by atoms with E-state index >= 15 is 0 Å². The van der Waals surface area contributed by atoms with Crippen LogP contribution in [0, 0.1) is 0 Å². The Kier molecular flexibility index (Phi) is 6.87. The summed E-state index contributed by atoms with van der Waals surface area (Å²) in [6.45, 7) is 5.25. The molecule has 200 valence electrons. The Bertz CT molecular complexity index is 2140. The van der Waals surface area contributed by atoms with Gasteiger partial charge in [0.2, 0.25) is 0 Å². The third-order valence-electron chi connectivity index (χ3n) is 7.89. The molecule has 0 unspecified atom stereocenters. The van der Waals surface area contributed by atoms with Crippen LogP contribution in [-0.4, -0.2) is 0 Å². The zero-order chi connectivity index (χ0) is 28.5. The van der Waals surface area contributed by atoms with Gasteiger partial charge in [0.15, 0.2) is 0 Å². The van der Waals surface area contributed by atoms with E-state index < -0.39 is 0 Å². The van der Waals surface area contributed by atoms with Crippen molar-refractivity contribution in [3.05, 3.63) is 158 Å². The lowest BCUT2D eigenvalue weighted by molar-refractivity contribution is 1.61. The van der Waals surface area contributed by atoms with Crippen LogP contribution in [0.3, 0.4) is 0 Å². The molecule has 0 bridgehead atoms. The van der Waals surface area contributed by atoms with Crippen LogP contribution in [0.2, 0.25) is 0 Å². The van der Waals surface area contributed by atoms with Gasteiger partial charge in [-0.1, -0.05) is 146 Å². The van der Waals surface area contributed by atoms with Crippen molar-refractivity contribution in [3.63, 3.8) is 0 Å². The summed E-state index contributed by atoms with van der Waals surface area (Å²) in [6, 6.07) is 53.1. The van der Waals surface area contributed by atoms with Crippen LogP contribution in [0.4, 0.5) is 0 Å². The van der Waals surface area contributed by atoms with Crippen molar-refractivity contribution >= 4 is 53.1 Å². The summed E-state index contributed by atoms with van der Waals surface area (Å²) in [5.41, 5.74) is 7.66. The highest BCUT2D eigenvalue weighted by molar-refractivity contribution is 7.26. The van der Waals surface area contributed by atoms with Crippen molar-refractivity contribution < 1.29 is 0 Å². The van der Waals surface area contributed by atoms with Gasteiger partial charge in [-0.2, -0.15) is 0 Å². The second-order valence-electron chi connectivity index (χ2n) is 10.5. The maximum Gasteiger partial charge on any atom is 0.0434 e. The minimum atomic E-state index is 1.24. The van der Waals surface area contributed by atoms with E-state index in [1.165, 1.54) is 75.1 Å². The Morgan fingerprint density at radius 1 is 0.429 bits per heavy atom.